The van der Waals surface area contributed by atoms with Crippen LogP contribution in [0.3, 0.4) is 0 Å². The van der Waals surface area contributed by atoms with E-state index in [0.29, 0.717) is 0 Å². The van der Waals surface area contributed by atoms with Gasteiger partial charge in [-0.05, 0) is 32.0 Å². The van der Waals surface area contributed by atoms with E-state index >= 15 is 0 Å². The van der Waals surface area contributed by atoms with Crippen molar-refractivity contribution in [2.75, 3.05) is 0 Å². The molecule has 0 radical (unpaired) electrons. The maximum atomic E-state index is 12.5. The number of hydrogen-bond donors (Lipinski definition) is 0. The monoisotopic (exact) mass is 230 g/mol. The van der Waals surface area contributed by atoms with E-state index in [1.54, 1.807) is 0 Å². The van der Waals surface area contributed by atoms with E-state index in [-0.39, 0.29) is 11.1 Å². The lowest BCUT2D eigenvalue weighted by atomic mass is 10.0. The molecule has 0 aromatic heterocycles. The summed E-state index contributed by atoms with van der Waals surface area (Å²) in [5.41, 5.74) is -1.20. The summed E-state index contributed by atoms with van der Waals surface area (Å²) in [6.45, 7) is 2.30. The Morgan fingerprint density at radius 2 is 1.31 bits per heavy atom. The van der Waals surface area contributed by atoms with Crippen LogP contribution >= 0.6 is 0 Å². The highest BCUT2D eigenvalue weighted by Gasteiger charge is 2.31. The van der Waals surface area contributed by atoms with Crippen LogP contribution in [0.25, 0.3) is 0 Å². The van der Waals surface area contributed by atoms with Gasteiger partial charge in [0.05, 0.1) is 5.56 Å². The second-order valence-electron chi connectivity index (χ2n) is 3.41. The maximum absolute atomic E-state index is 12.5. The molecule has 2 nitrogen and oxygen atoms in total. The van der Waals surface area contributed by atoms with Gasteiger partial charge in [0.15, 0.2) is 11.6 Å². The highest BCUT2D eigenvalue weighted by molar-refractivity contribution is 5.99. The maximum Gasteiger partial charge on any atom is 0.416 e. The van der Waals surface area contributed by atoms with E-state index in [1.807, 2.05) is 0 Å². The van der Waals surface area contributed by atoms with Crippen molar-refractivity contribution < 1.29 is 22.8 Å². The zero-order valence-electron chi connectivity index (χ0n) is 8.68. The first-order chi connectivity index (χ1) is 7.21. The number of alkyl halides is 3. The van der Waals surface area contributed by atoms with Crippen molar-refractivity contribution in [1.29, 1.82) is 0 Å². The Kier molecular flexibility index (Phi) is 3.16. The molecule has 5 heteroatoms. The summed E-state index contributed by atoms with van der Waals surface area (Å²) in [5, 5.41) is 0. The third-order valence-electron chi connectivity index (χ3n) is 2.07. The largest absolute Gasteiger partial charge is 0.416 e. The second-order valence-corrected chi connectivity index (χ2v) is 3.41. The quantitative estimate of drug-likeness (QED) is 0.731. The number of carbonyl (C=O) groups is 2. The summed E-state index contributed by atoms with van der Waals surface area (Å²) in [6.07, 6.45) is -4.56. The van der Waals surface area contributed by atoms with Crippen molar-refractivity contribution in [3.05, 3.63) is 34.9 Å². The van der Waals surface area contributed by atoms with Crippen molar-refractivity contribution in [2.24, 2.45) is 0 Å². The molecule has 1 rings (SSSR count). The summed E-state index contributed by atoms with van der Waals surface area (Å²) in [6, 6.07) is 2.66. The molecule has 0 fully saturated rings. The highest BCUT2D eigenvalue weighted by atomic mass is 19.4. The molecule has 86 valence electrons. The number of Topliss-reactive ketones (excluding diaryl/α,β-unsaturated/α-hetero) is 2. The van der Waals surface area contributed by atoms with Gasteiger partial charge in [-0.15, -0.1) is 0 Å². The van der Waals surface area contributed by atoms with Crippen molar-refractivity contribution in [3.63, 3.8) is 0 Å². The fraction of sp³-hybridized carbons (Fsp3) is 0.273. The highest BCUT2D eigenvalue weighted by Crippen LogP contribution is 2.30. The van der Waals surface area contributed by atoms with Gasteiger partial charge >= 0.3 is 6.18 Å². The topological polar surface area (TPSA) is 34.1 Å². The average molecular weight is 230 g/mol. The van der Waals surface area contributed by atoms with Crippen LogP contribution in [0.5, 0.6) is 0 Å². The normalized spacial score (nSPS) is 11.3. The van der Waals surface area contributed by atoms with Gasteiger partial charge < -0.3 is 0 Å². The molecule has 0 bridgehead atoms. The van der Waals surface area contributed by atoms with Gasteiger partial charge in [-0.2, -0.15) is 13.2 Å². The van der Waals surface area contributed by atoms with E-state index < -0.39 is 23.3 Å². The smallest absolute Gasteiger partial charge is 0.295 e. The van der Waals surface area contributed by atoms with Crippen molar-refractivity contribution in [3.8, 4) is 0 Å². The number of ketones is 2. The molecule has 0 amide bonds. The molecule has 0 heterocycles. The molecule has 0 atom stereocenters. The van der Waals surface area contributed by atoms with Crippen molar-refractivity contribution in [2.45, 2.75) is 20.0 Å². The Labute approximate surface area is 90.1 Å². The Bertz CT molecular complexity index is 415. The molecule has 0 aliphatic carbocycles. The average Bonchev–Trinajstić information content (AvgIpc) is 2.15. The Morgan fingerprint density at radius 3 is 1.56 bits per heavy atom. The first-order valence-electron chi connectivity index (χ1n) is 4.46. The van der Waals surface area contributed by atoms with E-state index in [2.05, 4.69) is 0 Å². The Morgan fingerprint density at radius 1 is 0.938 bits per heavy atom. The standard InChI is InChI=1S/C11H9F3O2/c1-6(15)8-3-9(7(2)16)5-10(4-8)11(12,13)14/h3-5H,1-2H3. The molecule has 0 aliphatic rings. The Hall–Kier alpha value is -1.65. The SMILES string of the molecule is CC(=O)c1cc(C(C)=O)cc(C(F)(F)F)c1. The number of halogens is 3. The van der Waals surface area contributed by atoms with Crippen molar-refractivity contribution >= 4 is 11.6 Å². The summed E-state index contributed by atoms with van der Waals surface area (Å²) in [4.78, 5) is 22.0. The molecule has 0 N–H and O–H groups in total. The summed E-state index contributed by atoms with van der Waals surface area (Å²) < 4.78 is 37.4. The molecule has 0 saturated carbocycles. The number of carbonyl (C=O) groups excluding carboxylic acids is 2. The van der Waals surface area contributed by atoms with Gasteiger partial charge in [0.2, 0.25) is 0 Å². The lowest BCUT2D eigenvalue weighted by molar-refractivity contribution is -0.137. The molecule has 0 aliphatic heterocycles. The molecule has 1 aromatic carbocycles. The minimum absolute atomic E-state index is 0.111. The molecule has 16 heavy (non-hydrogen) atoms. The van der Waals surface area contributed by atoms with Crippen LogP contribution in [0, 0.1) is 0 Å². The van der Waals surface area contributed by atoms with Gasteiger partial charge in [0.25, 0.3) is 0 Å². The predicted molar refractivity (Wildman–Crippen MR) is 51.5 cm³/mol. The molecular weight excluding hydrogens is 221 g/mol. The lowest BCUT2D eigenvalue weighted by Crippen LogP contribution is -2.09. The lowest BCUT2D eigenvalue weighted by Gasteiger charge is -2.09. The minimum atomic E-state index is -4.56. The van der Waals surface area contributed by atoms with E-state index in [4.69, 9.17) is 0 Å². The van der Waals surface area contributed by atoms with Gasteiger partial charge in [-0.1, -0.05) is 0 Å². The van der Waals surface area contributed by atoms with Crippen LogP contribution in [0.1, 0.15) is 40.1 Å². The fourth-order valence-electron chi connectivity index (χ4n) is 1.20. The fourth-order valence-corrected chi connectivity index (χ4v) is 1.20. The van der Waals surface area contributed by atoms with Gasteiger partial charge in [0, 0.05) is 11.1 Å². The molecule has 0 unspecified atom stereocenters. The zero-order chi connectivity index (χ0) is 12.5. The first kappa shape index (κ1) is 12.4. The van der Waals surface area contributed by atoms with Gasteiger partial charge in [-0.25, -0.2) is 0 Å². The minimum Gasteiger partial charge on any atom is -0.295 e. The molecule has 0 saturated heterocycles. The zero-order valence-corrected chi connectivity index (χ0v) is 8.68. The number of benzene rings is 1. The first-order valence-corrected chi connectivity index (χ1v) is 4.46. The third-order valence-corrected chi connectivity index (χ3v) is 2.07. The summed E-state index contributed by atoms with van der Waals surface area (Å²) in [7, 11) is 0. The number of hydrogen-bond acceptors (Lipinski definition) is 2. The van der Waals surface area contributed by atoms with Crippen LogP contribution in [-0.4, -0.2) is 11.6 Å². The predicted octanol–water partition coefficient (Wildman–Crippen LogP) is 3.11. The third kappa shape index (κ3) is 2.68. The van der Waals surface area contributed by atoms with Crippen LogP contribution in [-0.2, 0) is 6.18 Å². The van der Waals surface area contributed by atoms with Crippen LogP contribution in [0.4, 0.5) is 13.2 Å². The van der Waals surface area contributed by atoms with Gasteiger partial charge in [-0.3, -0.25) is 9.59 Å². The van der Waals surface area contributed by atoms with Crippen LogP contribution in [0.2, 0.25) is 0 Å². The molecule has 1 aromatic rings. The van der Waals surface area contributed by atoms with E-state index in [1.165, 1.54) is 6.07 Å². The molecular formula is C11H9F3O2. The Balaban J connectivity index is 3.42. The van der Waals surface area contributed by atoms with Gasteiger partial charge in [0.1, 0.15) is 0 Å². The second kappa shape index (κ2) is 4.08. The summed E-state index contributed by atoms with van der Waals surface area (Å²) >= 11 is 0. The van der Waals surface area contributed by atoms with E-state index in [9.17, 15) is 22.8 Å². The number of rotatable bonds is 2. The van der Waals surface area contributed by atoms with E-state index in [0.717, 1.165) is 26.0 Å². The van der Waals surface area contributed by atoms with Crippen LogP contribution < -0.4 is 0 Å². The summed E-state index contributed by atoms with van der Waals surface area (Å²) in [5.74, 6) is -1.01. The van der Waals surface area contributed by atoms with Crippen molar-refractivity contribution in [1.82, 2.24) is 0 Å². The molecule has 0 spiro atoms. The van der Waals surface area contributed by atoms with Crippen LogP contribution in [0.15, 0.2) is 18.2 Å².